The molecule has 3 rings (SSSR count). The zero-order chi connectivity index (χ0) is 20.3. The Balaban J connectivity index is 0.00000320. The minimum atomic E-state index is 0. The lowest BCUT2D eigenvalue weighted by Gasteiger charge is -2.36. The molecule has 0 radical (unpaired) electrons. The van der Waals surface area contributed by atoms with Gasteiger partial charge in [0.15, 0.2) is 5.96 Å². The number of nitrogens with one attached hydrogen (secondary N) is 1. The zero-order valence-corrected chi connectivity index (χ0v) is 20.4. The Morgan fingerprint density at radius 3 is 2.43 bits per heavy atom. The van der Waals surface area contributed by atoms with Gasteiger partial charge in [-0.2, -0.15) is 0 Å². The van der Waals surface area contributed by atoms with Gasteiger partial charge in [-0.3, -0.25) is 4.99 Å². The van der Waals surface area contributed by atoms with Crippen LogP contribution in [0.15, 0.2) is 53.8 Å². The molecule has 1 aromatic carbocycles. The average Bonchev–Trinajstić information content (AvgIpc) is 2.77. The van der Waals surface area contributed by atoms with Crippen LogP contribution in [0, 0.1) is 0 Å². The molecular formula is C22H34IN7. The van der Waals surface area contributed by atoms with Gasteiger partial charge in [-0.15, -0.1) is 24.0 Å². The number of hydrogen-bond donors (Lipinski definition) is 1. The van der Waals surface area contributed by atoms with E-state index in [0.717, 1.165) is 70.7 Å². The Bertz CT molecular complexity index is 734. The first-order valence-electron chi connectivity index (χ1n) is 10.5. The van der Waals surface area contributed by atoms with Crippen molar-refractivity contribution in [2.24, 2.45) is 4.99 Å². The lowest BCUT2D eigenvalue weighted by Crippen LogP contribution is -2.53. The Morgan fingerprint density at radius 1 is 1.07 bits per heavy atom. The second-order valence-electron chi connectivity index (χ2n) is 7.34. The summed E-state index contributed by atoms with van der Waals surface area (Å²) in [6.45, 7) is 9.54. The number of rotatable bonds is 8. The van der Waals surface area contributed by atoms with Gasteiger partial charge < -0.3 is 20.0 Å². The number of anilines is 1. The first-order valence-corrected chi connectivity index (χ1v) is 10.5. The summed E-state index contributed by atoms with van der Waals surface area (Å²) in [5, 5.41) is 3.45. The van der Waals surface area contributed by atoms with Crippen molar-refractivity contribution in [2.45, 2.75) is 19.9 Å². The van der Waals surface area contributed by atoms with E-state index < -0.39 is 0 Å². The van der Waals surface area contributed by atoms with E-state index in [-0.39, 0.29) is 24.0 Å². The number of halogens is 1. The molecule has 30 heavy (non-hydrogen) atoms. The fourth-order valence-corrected chi connectivity index (χ4v) is 3.50. The van der Waals surface area contributed by atoms with E-state index in [1.807, 2.05) is 6.07 Å². The van der Waals surface area contributed by atoms with Crippen molar-refractivity contribution in [1.29, 1.82) is 0 Å². The van der Waals surface area contributed by atoms with E-state index in [2.05, 4.69) is 74.3 Å². The molecule has 0 bridgehead atoms. The van der Waals surface area contributed by atoms with Gasteiger partial charge in [0.1, 0.15) is 0 Å². The predicted molar refractivity (Wildman–Crippen MR) is 135 cm³/mol. The maximum absolute atomic E-state index is 4.87. The normalized spacial score (nSPS) is 14.6. The molecule has 1 aliphatic rings. The highest BCUT2D eigenvalue weighted by Gasteiger charge is 2.20. The van der Waals surface area contributed by atoms with Crippen LogP contribution >= 0.6 is 24.0 Å². The Labute approximate surface area is 197 Å². The quantitative estimate of drug-likeness (QED) is 0.249. The largest absolute Gasteiger partial charge is 0.357 e. The van der Waals surface area contributed by atoms with Crippen molar-refractivity contribution in [1.82, 2.24) is 25.1 Å². The molecule has 0 atom stereocenters. The molecule has 2 aromatic rings. The topological polar surface area (TPSA) is 59.9 Å². The fraction of sp³-hybridized carbons (Fsp3) is 0.500. The van der Waals surface area contributed by atoms with Crippen LogP contribution in [0.25, 0.3) is 0 Å². The summed E-state index contributed by atoms with van der Waals surface area (Å²) in [6.07, 6.45) is 4.65. The van der Waals surface area contributed by atoms with Crippen LogP contribution in [0.3, 0.4) is 0 Å². The molecule has 1 fully saturated rings. The van der Waals surface area contributed by atoms with Gasteiger partial charge in [0.05, 0.1) is 0 Å². The average molecular weight is 523 g/mol. The number of aliphatic imine (C=N–C) groups is 1. The highest BCUT2D eigenvalue weighted by molar-refractivity contribution is 14.0. The molecule has 1 N–H and O–H groups in total. The second kappa shape index (κ2) is 13.4. The number of piperazine rings is 1. The molecule has 164 valence electrons. The Kier molecular flexibility index (Phi) is 10.9. The van der Waals surface area contributed by atoms with Crippen molar-refractivity contribution in [3.8, 4) is 0 Å². The van der Waals surface area contributed by atoms with Crippen molar-refractivity contribution < 1.29 is 0 Å². The van der Waals surface area contributed by atoms with Crippen molar-refractivity contribution in [3.63, 3.8) is 0 Å². The lowest BCUT2D eigenvalue weighted by molar-refractivity contribution is 0.323. The smallest absolute Gasteiger partial charge is 0.225 e. The minimum absolute atomic E-state index is 0. The summed E-state index contributed by atoms with van der Waals surface area (Å²) in [4.78, 5) is 20.5. The second-order valence-corrected chi connectivity index (χ2v) is 7.34. The third-order valence-corrected chi connectivity index (χ3v) is 5.00. The Morgan fingerprint density at radius 2 is 1.77 bits per heavy atom. The van der Waals surface area contributed by atoms with Crippen LogP contribution in [-0.4, -0.2) is 78.6 Å². The molecule has 1 saturated heterocycles. The molecule has 0 spiro atoms. The van der Waals surface area contributed by atoms with Crippen LogP contribution in [0.5, 0.6) is 0 Å². The van der Waals surface area contributed by atoms with Gasteiger partial charge in [0.25, 0.3) is 0 Å². The molecule has 1 aliphatic heterocycles. The van der Waals surface area contributed by atoms with E-state index in [4.69, 9.17) is 4.99 Å². The van der Waals surface area contributed by atoms with Gasteiger partial charge in [-0.25, -0.2) is 9.97 Å². The zero-order valence-electron chi connectivity index (χ0n) is 18.1. The number of nitrogens with zero attached hydrogens (tertiary/aromatic N) is 6. The highest BCUT2D eigenvalue weighted by atomic mass is 127. The van der Waals surface area contributed by atoms with Crippen LogP contribution < -0.4 is 10.2 Å². The summed E-state index contributed by atoms with van der Waals surface area (Å²) in [5.41, 5.74) is 1.35. The summed E-state index contributed by atoms with van der Waals surface area (Å²) in [6, 6.07) is 12.5. The van der Waals surface area contributed by atoms with E-state index in [0.29, 0.717) is 0 Å². The molecule has 2 heterocycles. The van der Waals surface area contributed by atoms with Gasteiger partial charge >= 0.3 is 0 Å². The van der Waals surface area contributed by atoms with Crippen LogP contribution in [-0.2, 0) is 6.54 Å². The highest BCUT2D eigenvalue weighted by Crippen LogP contribution is 2.10. The van der Waals surface area contributed by atoms with Gasteiger partial charge in [0.2, 0.25) is 5.95 Å². The van der Waals surface area contributed by atoms with Crippen molar-refractivity contribution in [3.05, 3.63) is 54.4 Å². The predicted octanol–water partition coefficient (Wildman–Crippen LogP) is 2.70. The number of aromatic nitrogens is 2. The van der Waals surface area contributed by atoms with Crippen LogP contribution in [0.1, 0.15) is 18.9 Å². The number of benzene rings is 1. The molecule has 7 nitrogen and oxygen atoms in total. The van der Waals surface area contributed by atoms with Crippen LogP contribution in [0.2, 0.25) is 0 Å². The Hall–Kier alpha value is -1.94. The molecule has 0 unspecified atom stereocenters. The number of hydrogen-bond acceptors (Lipinski definition) is 5. The summed E-state index contributed by atoms with van der Waals surface area (Å²) in [5.74, 6) is 1.84. The first kappa shape index (κ1) is 24.3. The lowest BCUT2D eigenvalue weighted by atomic mass is 10.2. The minimum Gasteiger partial charge on any atom is -0.357 e. The molecule has 1 aromatic heterocycles. The van der Waals surface area contributed by atoms with E-state index >= 15 is 0 Å². The SMILES string of the molecule is CCNC(=NCCCN(C)Cc1ccccc1)N1CCN(c2ncccn2)CC1.I. The van der Waals surface area contributed by atoms with Crippen molar-refractivity contribution >= 4 is 35.9 Å². The number of guanidine groups is 1. The maximum atomic E-state index is 4.87. The first-order chi connectivity index (χ1) is 14.3. The van der Waals surface area contributed by atoms with E-state index in [1.54, 1.807) is 12.4 Å². The summed E-state index contributed by atoms with van der Waals surface area (Å²) in [7, 11) is 2.17. The van der Waals surface area contributed by atoms with Crippen molar-refractivity contribution in [2.75, 3.05) is 57.8 Å². The third-order valence-electron chi connectivity index (χ3n) is 5.00. The summed E-state index contributed by atoms with van der Waals surface area (Å²) < 4.78 is 0. The van der Waals surface area contributed by atoms with Crippen LogP contribution in [0.4, 0.5) is 5.95 Å². The maximum Gasteiger partial charge on any atom is 0.225 e. The molecule has 8 heteroatoms. The van der Waals surface area contributed by atoms with E-state index in [1.165, 1.54) is 5.56 Å². The standard InChI is InChI=1S/C22H33N7.HI/c1-3-23-21(26-13-8-14-27(2)19-20-9-5-4-6-10-20)28-15-17-29(18-16-28)22-24-11-7-12-25-22;/h4-7,9-12H,3,8,13-19H2,1-2H3,(H,23,26);1H. The molecule has 0 aliphatic carbocycles. The van der Waals surface area contributed by atoms with Gasteiger partial charge in [0, 0.05) is 58.2 Å². The van der Waals surface area contributed by atoms with Gasteiger partial charge in [-0.05, 0) is 38.6 Å². The van der Waals surface area contributed by atoms with E-state index in [9.17, 15) is 0 Å². The third kappa shape index (κ3) is 7.71. The van der Waals surface area contributed by atoms with Gasteiger partial charge in [-0.1, -0.05) is 30.3 Å². The summed E-state index contributed by atoms with van der Waals surface area (Å²) >= 11 is 0. The molecule has 0 saturated carbocycles. The monoisotopic (exact) mass is 523 g/mol. The molecule has 0 amide bonds. The fourth-order valence-electron chi connectivity index (χ4n) is 3.50. The molecular weight excluding hydrogens is 489 g/mol.